The third kappa shape index (κ3) is 7.42. The fourth-order valence-corrected chi connectivity index (χ4v) is 6.21. The van der Waals surface area contributed by atoms with Crippen molar-refractivity contribution in [3.63, 3.8) is 0 Å². The topological polar surface area (TPSA) is 133 Å². The van der Waals surface area contributed by atoms with Gasteiger partial charge in [0, 0.05) is 43.9 Å². The number of carbonyl (C=O) groups is 2. The van der Waals surface area contributed by atoms with Gasteiger partial charge in [0.1, 0.15) is 16.5 Å². The Balaban J connectivity index is 1.42. The number of ether oxygens (including phenoxy) is 1. The number of fused-ring (bicyclic) bond motifs is 1. The first-order valence-corrected chi connectivity index (χ1v) is 15.9. The highest BCUT2D eigenvalue weighted by Crippen LogP contribution is 2.36. The fourth-order valence-electron chi connectivity index (χ4n) is 5.36. The van der Waals surface area contributed by atoms with Gasteiger partial charge < -0.3 is 25.0 Å². The lowest BCUT2D eigenvalue weighted by molar-refractivity contribution is 0.0530. The van der Waals surface area contributed by atoms with Crippen molar-refractivity contribution < 1.29 is 19.4 Å². The number of hydrogen-bond acceptors (Lipinski definition) is 11. The number of nitrogens with zero attached hydrogens (tertiary/aromatic N) is 5. The van der Waals surface area contributed by atoms with Crippen molar-refractivity contribution in [3.05, 3.63) is 51.5 Å². The number of thiazole rings is 1. The zero-order chi connectivity index (χ0) is 30.5. The molecule has 0 aliphatic carbocycles. The molecule has 3 aromatic rings. The summed E-state index contributed by atoms with van der Waals surface area (Å²) in [7, 11) is 0. The maximum Gasteiger partial charge on any atom is 0.350 e. The number of benzene rings is 1. The second-order valence-corrected chi connectivity index (χ2v) is 12.5. The van der Waals surface area contributed by atoms with E-state index in [-0.39, 0.29) is 18.0 Å². The van der Waals surface area contributed by atoms with E-state index in [4.69, 9.17) is 14.7 Å². The molecule has 0 unspecified atom stereocenters. The molecule has 3 N–H and O–H groups in total. The molecule has 4 heterocycles. The van der Waals surface area contributed by atoms with Crippen molar-refractivity contribution in [1.82, 2.24) is 20.3 Å². The van der Waals surface area contributed by atoms with E-state index in [1.54, 1.807) is 13.8 Å². The number of aliphatic hydroxyl groups is 1. The number of anilines is 4. The number of esters is 1. The minimum absolute atomic E-state index is 0.0631. The van der Waals surface area contributed by atoms with Crippen LogP contribution in [-0.4, -0.2) is 70.8 Å². The van der Waals surface area contributed by atoms with Gasteiger partial charge in [0.15, 0.2) is 5.13 Å². The Kier molecular flexibility index (Phi) is 9.76. The van der Waals surface area contributed by atoms with Crippen LogP contribution >= 0.6 is 11.3 Å². The standard InChI is InChI=1S/C31H41N7O4S/c1-5-42-29(41)25-20(4)33-31(43-25)36-30-34-26(37-15-12-23(39)13-16-37)24-7-6-14-38(27(24)35-30)18-21-8-10-22(11-9-21)28(40)32-17-19(2)3/h8-11,19,23,39H,5-7,12-18H2,1-4H3,(H,32,40)(H,33,34,35,36). The molecule has 2 aliphatic rings. The molecule has 2 aliphatic heterocycles. The van der Waals surface area contributed by atoms with Crippen LogP contribution in [0.1, 0.15) is 76.9 Å². The van der Waals surface area contributed by atoms with E-state index in [2.05, 4.69) is 39.3 Å². The first kappa shape index (κ1) is 30.7. The normalized spacial score (nSPS) is 15.4. The van der Waals surface area contributed by atoms with E-state index in [0.717, 1.165) is 42.1 Å². The molecule has 5 rings (SSSR count). The molecular formula is C31H41N7O4S. The van der Waals surface area contributed by atoms with Gasteiger partial charge in [0.2, 0.25) is 5.95 Å². The molecule has 43 heavy (non-hydrogen) atoms. The zero-order valence-electron chi connectivity index (χ0n) is 25.4. The van der Waals surface area contributed by atoms with Gasteiger partial charge in [-0.2, -0.15) is 9.97 Å². The SMILES string of the molecule is CCOC(=O)c1sc(Nc2nc(N3CCC(O)CC3)c3c(n2)N(Cc2ccc(C(=O)NCC(C)C)cc2)CCC3)nc1C. The molecule has 0 radical (unpaired) electrons. The van der Waals surface area contributed by atoms with Crippen molar-refractivity contribution >= 4 is 45.9 Å². The third-order valence-corrected chi connectivity index (χ3v) is 8.67. The fraction of sp³-hybridized carbons (Fsp3) is 0.516. The van der Waals surface area contributed by atoms with E-state index >= 15 is 0 Å². The molecule has 2 aromatic heterocycles. The van der Waals surface area contributed by atoms with Crippen molar-refractivity contribution in [1.29, 1.82) is 0 Å². The van der Waals surface area contributed by atoms with Crippen LogP contribution in [0.2, 0.25) is 0 Å². The first-order chi connectivity index (χ1) is 20.7. The van der Waals surface area contributed by atoms with Crippen LogP contribution in [-0.2, 0) is 17.7 Å². The summed E-state index contributed by atoms with van der Waals surface area (Å²) in [5.74, 6) is 2.09. The van der Waals surface area contributed by atoms with Gasteiger partial charge in [-0.25, -0.2) is 9.78 Å². The zero-order valence-corrected chi connectivity index (χ0v) is 26.2. The summed E-state index contributed by atoms with van der Waals surface area (Å²) in [6, 6.07) is 7.75. The number of aromatic nitrogens is 3. The number of amides is 1. The quantitative estimate of drug-likeness (QED) is 0.284. The van der Waals surface area contributed by atoms with E-state index in [9.17, 15) is 14.7 Å². The number of rotatable bonds is 10. The van der Waals surface area contributed by atoms with E-state index in [0.29, 0.717) is 78.8 Å². The van der Waals surface area contributed by atoms with Gasteiger partial charge in [-0.05, 0) is 63.1 Å². The summed E-state index contributed by atoms with van der Waals surface area (Å²) in [5.41, 5.74) is 3.42. The number of aliphatic hydroxyl groups excluding tert-OH is 1. The summed E-state index contributed by atoms with van der Waals surface area (Å²) in [5, 5.41) is 16.9. The van der Waals surface area contributed by atoms with Crippen LogP contribution in [0.15, 0.2) is 24.3 Å². The van der Waals surface area contributed by atoms with E-state index < -0.39 is 0 Å². The van der Waals surface area contributed by atoms with Crippen LogP contribution in [0.5, 0.6) is 0 Å². The Morgan fingerprint density at radius 1 is 1.09 bits per heavy atom. The Morgan fingerprint density at radius 2 is 1.81 bits per heavy atom. The van der Waals surface area contributed by atoms with Crippen molar-refractivity contribution in [2.75, 3.05) is 47.9 Å². The van der Waals surface area contributed by atoms with Crippen LogP contribution < -0.4 is 20.4 Å². The lowest BCUT2D eigenvalue weighted by atomic mass is 10.0. The molecule has 11 nitrogen and oxygen atoms in total. The van der Waals surface area contributed by atoms with Crippen molar-refractivity contribution in [2.45, 2.75) is 66.0 Å². The maximum atomic E-state index is 12.5. The van der Waals surface area contributed by atoms with Gasteiger partial charge in [0.25, 0.3) is 5.91 Å². The minimum atomic E-state index is -0.390. The molecule has 0 atom stereocenters. The van der Waals surface area contributed by atoms with Gasteiger partial charge in [-0.3, -0.25) is 10.1 Å². The Hall–Kier alpha value is -3.77. The average Bonchev–Trinajstić information content (AvgIpc) is 3.36. The minimum Gasteiger partial charge on any atom is -0.462 e. The second kappa shape index (κ2) is 13.7. The summed E-state index contributed by atoms with van der Waals surface area (Å²) in [6.45, 7) is 11.6. The van der Waals surface area contributed by atoms with E-state index in [1.807, 2.05) is 24.3 Å². The van der Waals surface area contributed by atoms with Gasteiger partial charge in [-0.15, -0.1) is 0 Å². The Morgan fingerprint density at radius 3 is 2.51 bits per heavy atom. The Labute approximate surface area is 256 Å². The predicted molar refractivity (Wildman–Crippen MR) is 169 cm³/mol. The molecule has 1 aromatic carbocycles. The number of hydrogen-bond donors (Lipinski definition) is 3. The average molecular weight is 608 g/mol. The summed E-state index contributed by atoms with van der Waals surface area (Å²) < 4.78 is 5.18. The van der Waals surface area contributed by atoms with Crippen molar-refractivity contribution in [2.24, 2.45) is 5.92 Å². The molecule has 12 heteroatoms. The number of nitrogens with one attached hydrogen (secondary N) is 2. The molecule has 0 bridgehead atoms. The van der Waals surface area contributed by atoms with Crippen LogP contribution in [0, 0.1) is 12.8 Å². The molecule has 1 amide bonds. The third-order valence-electron chi connectivity index (χ3n) is 7.62. The predicted octanol–water partition coefficient (Wildman–Crippen LogP) is 4.46. The van der Waals surface area contributed by atoms with Crippen molar-refractivity contribution in [3.8, 4) is 0 Å². The monoisotopic (exact) mass is 607 g/mol. The van der Waals surface area contributed by atoms with E-state index in [1.165, 1.54) is 11.3 Å². The first-order valence-electron chi connectivity index (χ1n) is 15.1. The highest BCUT2D eigenvalue weighted by Gasteiger charge is 2.29. The van der Waals surface area contributed by atoms with Crippen LogP contribution in [0.25, 0.3) is 0 Å². The lowest BCUT2D eigenvalue weighted by Gasteiger charge is -2.36. The molecule has 1 saturated heterocycles. The van der Waals surface area contributed by atoms with Crippen LogP contribution in [0.3, 0.4) is 0 Å². The molecule has 1 fully saturated rings. The summed E-state index contributed by atoms with van der Waals surface area (Å²) in [6.07, 6.45) is 2.92. The van der Waals surface area contributed by atoms with Gasteiger partial charge in [0.05, 0.1) is 18.4 Å². The Bertz CT molecular complexity index is 1430. The molecular weight excluding hydrogens is 566 g/mol. The van der Waals surface area contributed by atoms with Crippen LogP contribution in [0.4, 0.5) is 22.7 Å². The lowest BCUT2D eigenvalue weighted by Crippen LogP contribution is -2.38. The summed E-state index contributed by atoms with van der Waals surface area (Å²) in [4.78, 5) is 44.3. The number of carbonyl (C=O) groups excluding carboxylic acids is 2. The number of piperidine rings is 1. The molecule has 230 valence electrons. The molecule has 0 spiro atoms. The highest BCUT2D eigenvalue weighted by atomic mass is 32.1. The number of aryl methyl sites for hydroxylation is 1. The van der Waals surface area contributed by atoms with Gasteiger partial charge >= 0.3 is 5.97 Å². The van der Waals surface area contributed by atoms with Gasteiger partial charge in [-0.1, -0.05) is 37.3 Å². The summed E-state index contributed by atoms with van der Waals surface area (Å²) >= 11 is 1.22. The second-order valence-electron chi connectivity index (χ2n) is 11.5. The largest absolute Gasteiger partial charge is 0.462 e. The smallest absolute Gasteiger partial charge is 0.350 e. The highest BCUT2D eigenvalue weighted by molar-refractivity contribution is 7.17. The maximum absolute atomic E-state index is 12.5. The molecule has 0 saturated carbocycles.